The van der Waals surface area contributed by atoms with Crippen LogP contribution in [0.4, 0.5) is 5.69 Å². The first-order valence-corrected chi connectivity index (χ1v) is 11.1. The minimum atomic E-state index is -0.366. The van der Waals surface area contributed by atoms with E-state index in [-0.39, 0.29) is 29.9 Å². The third-order valence-corrected chi connectivity index (χ3v) is 6.02. The Kier molecular flexibility index (Phi) is 7.61. The topological polar surface area (TPSA) is 91.2 Å². The summed E-state index contributed by atoms with van der Waals surface area (Å²) in [7, 11) is 0. The van der Waals surface area contributed by atoms with Gasteiger partial charge in [-0.3, -0.25) is 9.59 Å². The third-order valence-electron chi connectivity index (χ3n) is 4.77. The van der Waals surface area contributed by atoms with E-state index in [2.05, 4.69) is 16.7 Å². The fourth-order valence-electron chi connectivity index (χ4n) is 3.23. The molecule has 8 heteroatoms. The molecular formula is C23H22ClN3O3S. The molecule has 6 nitrogen and oxygen atoms in total. The number of ether oxygens (including phenoxy) is 1. The van der Waals surface area contributed by atoms with Gasteiger partial charge in [-0.25, -0.2) is 0 Å². The van der Waals surface area contributed by atoms with Crippen LogP contribution >= 0.6 is 23.4 Å². The minimum absolute atomic E-state index is 0.0444. The summed E-state index contributed by atoms with van der Waals surface area (Å²) in [4.78, 5) is 24.7. The molecule has 0 fully saturated rings. The number of amides is 2. The molecule has 1 atom stereocenters. The van der Waals surface area contributed by atoms with Crippen LogP contribution in [0.15, 0.2) is 53.1 Å². The summed E-state index contributed by atoms with van der Waals surface area (Å²) in [5.74, 6) is -0.0289. The SMILES string of the molecule is CCOc1ccc([C@H]2CC(=O)NC(SCC(=O)Nc3cc(Cl)ccc3C)=C2C#N)cc1. The first-order chi connectivity index (χ1) is 14.9. The van der Waals surface area contributed by atoms with Crippen LogP contribution in [0, 0.1) is 18.3 Å². The number of aryl methyl sites for hydroxylation is 1. The van der Waals surface area contributed by atoms with Crippen LogP contribution in [0.1, 0.15) is 30.4 Å². The molecule has 1 heterocycles. The van der Waals surface area contributed by atoms with Crippen molar-refractivity contribution in [3.63, 3.8) is 0 Å². The maximum absolute atomic E-state index is 12.4. The molecule has 31 heavy (non-hydrogen) atoms. The molecule has 0 aromatic heterocycles. The van der Waals surface area contributed by atoms with Crippen molar-refractivity contribution in [1.82, 2.24) is 5.32 Å². The molecule has 1 aliphatic heterocycles. The van der Waals surface area contributed by atoms with Crippen LogP contribution in [0.5, 0.6) is 5.75 Å². The van der Waals surface area contributed by atoms with E-state index in [0.717, 1.165) is 28.6 Å². The van der Waals surface area contributed by atoms with Gasteiger partial charge in [-0.1, -0.05) is 41.6 Å². The number of carbonyl (C=O) groups excluding carboxylic acids is 2. The van der Waals surface area contributed by atoms with Crippen molar-refractivity contribution in [1.29, 1.82) is 5.26 Å². The molecule has 2 amide bonds. The van der Waals surface area contributed by atoms with Gasteiger partial charge in [0.25, 0.3) is 0 Å². The summed E-state index contributed by atoms with van der Waals surface area (Å²) in [5, 5.41) is 16.3. The highest BCUT2D eigenvalue weighted by Gasteiger charge is 2.30. The smallest absolute Gasteiger partial charge is 0.234 e. The van der Waals surface area contributed by atoms with E-state index in [1.54, 1.807) is 12.1 Å². The number of hydrogen-bond donors (Lipinski definition) is 2. The number of anilines is 1. The Hall–Kier alpha value is -2.95. The number of thioether (sulfide) groups is 1. The van der Waals surface area contributed by atoms with Crippen molar-refractivity contribution in [3.8, 4) is 11.8 Å². The molecular weight excluding hydrogens is 434 g/mol. The molecule has 0 bridgehead atoms. The lowest BCUT2D eigenvalue weighted by Gasteiger charge is -2.25. The monoisotopic (exact) mass is 455 g/mol. The lowest BCUT2D eigenvalue weighted by atomic mass is 9.87. The Morgan fingerprint density at radius 3 is 2.74 bits per heavy atom. The van der Waals surface area contributed by atoms with Gasteiger partial charge in [0.05, 0.1) is 29.0 Å². The molecule has 0 saturated heterocycles. The number of nitrogens with one attached hydrogen (secondary N) is 2. The molecule has 0 radical (unpaired) electrons. The van der Waals surface area contributed by atoms with Gasteiger partial charge < -0.3 is 15.4 Å². The predicted octanol–water partition coefficient (Wildman–Crippen LogP) is 4.76. The average Bonchev–Trinajstić information content (AvgIpc) is 2.75. The Bertz CT molecular complexity index is 1060. The fourth-order valence-corrected chi connectivity index (χ4v) is 4.28. The van der Waals surface area contributed by atoms with Crippen LogP contribution in [0.3, 0.4) is 0 Å². The highest BCUT2D eigenvalue weighted by molar-refractivity contribution is 8.03. The molecule has 0 spiro atoms. The lowest BCUT2D eigenvalue weighted by molar-refractivity contribution is -0.121. The van der Waals surface area contributed by atoms with E-state index in [4.69, 9.17) is 16.3 Å². The molecule has 0 aliphatic carbocycles. The van der Waals surface area contributed by atoms with Gasteiger partial charge in [0.2, 0.25) is 11.8 Å². The van der Waals surface area contributed by atoms with E-state index in [1.165, 1.54) is 0 Å². The van der Waals surface area contributed by atoms with Crippen LogP contribution in [-0.2, 0) is 9.59 Å². The van der Waals surface area contributed by atoms with Crippen LogP contribution < -0.4 is 15.4 Å². The number of benzene rings is 2. The zero-order valence-electron chi connectivity index (χ0n) is 17.2. The highest BCUT2D eigenvalue weighted by Crippen LogP contribution is 2.36. The van der Waals surface area contributed by atoms with Crippen molar-refractivity contribution < 1.29 is 14.3 Å². The summed E-state index contributed by atoms with van der Waals surface area (Å²) >= 11 is 7.14. The summed E-state index contributed by atoms with van der Waals surface area (Å²) in [6.45, 7) is 4.34. The number of allylic oxidation sites excluding steroid dienone is 1. The molecule has 0 saturated carbocycles. The van der Waals surface area contributed by atoms with Gasteiger partial charge >= 0.3 is 0 Å². The lowest BCUT2D eigenvalue weighted by Crippen LogP contribution is -2.31. The maximum atomic E-state index is 12.4. The van der Waals surface area contributed by atoms with E-state index in [0.29, 0.717) is 27.9 Å². The third kappa shape index (κ3) is 5.81. The molecule has 1 aliphatic rings. The van der Waals surface area contributed by atoms with Gasteiger partial charge in [0, 0.05) is 23.0 Å². The van der Waals surface area contributed by atoms with Crippen molar-refractivity contribution in [2.24, 2.45) is 0 Å². The van der Waals surface area contributed by atoms with Crippen LogP contribution in [0.2, 0.25) is 5.02 Å². The van der Waals surface area contributed by atoms with Crippen LogP contribution in [0.25, 0.3) is 0 Å². The summed E-state index contributed by atoms with van der Waals surface area (Å²) in [6, 6.07) is 14.9. The predicted molar refractivity (Wildman–Crippen MR) is 123 cm³/mol. The van der Waals surface area contributed by atoms with E-state index < -0.39 is 0 Å². The van der Waals surface area contributed by atoms with Gasteiger partial charge in [-0.05, 0) is 49.2 Å². The second-order valence-corrected chi connectivity index (χ2v) is 8.38. The standard InChI is InChI=1S/C23H22ClN3O3S/c1-3-30-17-8-5-15(6-9-17)18-11-21(28)27-23(19(18)12-25)31-13-22(29)26-20-10-16(24)7-4-14(20)2/h4-10,18H,3,11,13H2,1-2H3,(H,26,29)(H,27,28)/t18-/m1/s1. The van der Waals surface area contributed by atoms with Crippen LogP contribution in [-0.4, -0.2) is 24.2 Å². The Morgan fingerprint density at radius 1 is 1.32 bits per heavy atom. The zero-order chi connectivity index (χ0) is 22.4. The van der Waals surface area contributed by atoms with Crippen molar-refractivity contribution >= 4 is 40.9 Å². The molecule has 0 unspecified atom stereocenters. The number of nitrogens with zero attached hydrogens (tertiary/aromatic N) is 1. The second kappa shape index (κ2) is 10.4. The van der Waals surface area contributed by atoms with Crippen molar-refractivity contribution in [2.45, 2.75) is 26.2 Å². The Morgan fingerprint density at radius 2 is 2.06 bits per heavy atom. The first kappa shape index (κ1) is 22.7. The van der Waals surface area contributed by atoms with E-state index >= 15 is 0 Å². The van der Waals surface area contributed by atoms with Gasteiger partial charge in [-0.15, -0.1) is 0 Å². The quantitative estimate of drug-likeness (QED) is 0.628. The molecule has 160 valence electrons. The molecule has 2 N–H and O–H groups in total. The summed E-state index contributed by atoms with van der Waals surface area (Å²) in [5.41, 5.74) is 2.82. The first-order valence-electron chi connectivity index (χ1n) is 9.77. The van der Waals surface area contributed by atoms with Crippen molar-refractivity contribution in [3.05, 3.63) is 69.2 Å². The number of rotatable bonds is 7. The Balaban J connectivity index is 1.75. The zero-order valence-corrected chi connectivity index (χ0v) is 18.8. The number of nitriles is 1. The number of halogens is 1. The summed E-state index contributed by atoms with van der Waals surface area (Å²) in [6.07, 6.45) is 0.175. The highest BCUT2D eigenvalue weighted by atomic mass is 35.5. The molecule has 2 aromatic rings. The van der Waals surface area contributed by atoms with Gasteiger partial charge in [0.1, 0.15) is 5.75 Å². The van der Waals surface area contributed by atoms with Crippen molar-refractivity contribution in [2.75, 3.05) is 17.7 Å². The normalized spacial score (nSPS) is 15.8. The largest absolute Gasteiger partial charge is 0.494 e. The second-order valence-electron chi connectivity index (χ2n) is 6.96. The molecule has 3 rings (SSSR count). The van der Waals surface area contributed by atoms with E-state index in [9.17, 15) is 14.9 Å². The average molecular weight is 456 g/mol. The number of carbonyl (C=O) groups is 2. The minimum Gasteiger partial charge on any atom is -0.494 e. The Labute approximate surface area is 190 Å². The number of hydrogen-bond acceptors (Lipinski definition) is 5. The summed E-state index contributed by atoms with van der Waals surface area (Å²) < 4.78 is 5.46. The maximum Gasteiger partial charge on any atom is 0.234 e. The van der Waals surface area contributed by atoms with E-state index in [1.807, 2.05) is 44.2 Å². The van der Waals surface area contributed by atoms with Gasteiger partial charge in [-0.2, -0.15) is 5.26 Å². The van der Waals surface area contributed by atoms with Gasteiger partial charge in [0.15, 0.2) is 0 Å². The molecule has 2 aromatic carbocycles. The fraction of sp³-hybridized carbons (Fsp3) is 0.261.